The molecule has 0 aliphatic rings. The van der Waals surface area contributed by atoms with Crippen molar-refractivity contribution in [3.05, 3.63) is 54.1 Å². The third-order valence-electron chi connectivity index (χ3n) is 8.37. The number of phenolic OH excluding ortho intramolecular Hbond substituents is 1. The standard InChI is InChI=1S/C37H62N2O12/c1-23(2)35(50)22-34(49)21-33(48)19-29(44)9-4-8-28(43)18-32(47)20-31(46)17-27(42)7-3-6-26(41)16-30(45)10-5-15-39-37(51)36(38)24-11-13-25(40)14-12-24/h3-4,7,9,11-14,23,26-34,36,40-49H,5-6,8,10,15-22,38H2,1-2H3,(H,39,51). The van der Waals surface area contributed by atoms with Gasteiger partial charge in [0.15, 0.2) is 0 Å². The SMILES string of the molecule is CC(C)C(=O)CC(O)CC(O)CC(O)C=CCC(O)CC(O)CC(O)CC(O)C=CCC(O)CC(O)CCCNC(=O)C(N)c1ccc(O)cc1. The fourth-order valence-electron chi connectivity index (χ4n) is 5.40. The lowest BCUT2D eigenvalue weighted by Gasteiger charge is -2.19. The van der Waals surface area contributed by atoms with Crippen LogP contribution in [0.1, 0.15) is 96.1 Å². The molecule has 1 aromatic carbocycles. The zero-order chi connectivity index (χ0) is 38.5. The number of hydrogen-bond donors (Lipinski definition) is 12. The monoisotopic (exact) mass is 726 g/mol. The maximum atomic E-state index is 12.2. The van der Waals surface area contributed by atoms with Crippen LogP contribution in [0.5, 0.6) is 5.75 Å². The molecule has 10 unspecified atom stereocenters. The van der Waals surface area contributed by atoms with Crippen LogP contribution >= 0.6 is 0 Å². The Balaban J connectivity index is 2.24. The Bertz CT molecular complexity index is 1160. The van der Waals surface area contributed by atoms with Crippen molar-refractivity contribution in [2.75, 3.05) is 6.54 Å². The zero-order valence-corrected chi connectivity index (χ0v) is 29.8. The first kappa shape index (κ1) is 46.3. The van der Waals surface area contributed by atoms with E-state index in [0.29, 0.717) is 18.4 Å². The number of Topliss-reactive ketones (excluding diaryl/α,β-unsaturated/α-hetero) is 1. The second-order valence-electron chi connectivity index (χ2n) is 13.8. The average Bonchev–Trinajstić information content (AvgIpc) is 3.02. The Labute approximate surface area is 301 Å². The molecule has 0 spiro atoms. The highest BCUT2D eigenvalue weighted by Crippen LogP contribution is 2.17. The van der Waals surface area contributed by atoms with Gasteiger partial charge in [-0.05, 0) is 69.1 Å². The minimum Gasteiger partial charge on any atom is -0.508 e. The molecule has 0 aromatic heterocycles. The molecule has 0 fully saturated rings. The van der Waals surface area contributed by atoms with Gasteiger partial charge >= 0.3 is 0 Å². The summed E-state index contributed by atoms with van der Waals surface area (Å²) >= 11 is 0. The minimum atomic E-state index is -1.07. The van der Waals surface area contributed by atoms with Gasteiger partial charge < -0.3 is 62.1 Å². The van der Waals surface area contributed by atoms with E-state index in [1.165, 1.54) is 36.4 Å². The summed E-state index contributed by atoms with van der Waals surface area (Å²) in [5.74, 6) is -0.650. The van der Waals surface area contributed by atoms with Gasteiger partial charge in [-0.2, -0.15) is 0 Å². The molecule has 0 aliphatic carbocycles. The van der Waals surface area contributed by atoms with Crippen LogP contribution in [0.3, 0.4) is 0 Å². The van der Waals surface area contributed by atoms with Gasteiger partial charge in [-0.15, -0.1) is 0 Å². The van der Waals surface area contributed by atoms with Gasteiger partial charge in [0.2, 0.25) is 5.91 Å². The number of carbonyl (C=O) groups is 2. The number of phenols is 1. The van der Waals surface area contributed by atoms with Crippen LogP contribution in [0, 0.1) is 5.92 Å². The molecule has 292 valence electrons. The highest BCUT2D eigenvalue weighted by molar-refractivity contribution is 5.83. The summed E-state index contributed by atoms with van der Waals surface area (Å²) in [6.45, 7) is 3.73. The number of aliphatic hydroxyl groups excluding tert-OH is 9. The molecule has 0 aliphatic heterocycles. The lowest BCUT2D eigenvalue weighted by atomic mass is 9.97. The van der Waals surface area contributed by atoms with Crippen LogP contribution in [-0.2, 0) is 9.59 Å². The Morgan fingerprint density at radius 3 is 1.63 bits per heavy atom. The van der Waals surface area contributed by atoms with E-state index in [1.807, 2.05) is 0 Å². The van der Waals surface area contributed by atoms with Crippen LogP contribution in [0.25, 0.3) is 0 Å². The number of hydrogen-bond acceptors (Lipinski definition) is 13. The zero-order valence-electron chi connectivity index (χ0n) is 29.8. The van der Waals surface area contributed by atoms with E-state index in [-0.39, 0.29) is 87.7 Å². The van der Waals surface area contributed by atoms with E-state index in [1.54, 1.807) is 26.0 Å². The fourth-order valence-corrected chi connectivity index (χ4v) is 5.40. The fraction of sp³-hybridized carbons (Fsp3) is 0.676. The first-order chi connectivity index (χ1) is 24.0. The van der Waals surface area contributed by atoms with Crippen molar-refractivity contribution in [2.24, 2.45) is 11.7 Å². The molecule has 14 heteroatoms. The number of carbonyl (C=O) groups excluding carboxylic acids is 2. The number of rotatable bonds is 27. The van der Waals surface area contributed by atoms with Crippen molar-refractivity contribution in [3.63, 3.8) is 0 Å². The third-order valence-corrected chi connectivity index (χ3v) is 8.37. The first-order valence-corrected chi connectivity index (χ1v) is 17.8. The molecular formula is C37H62N2O12. The van der Waals surface area contributed by atoms with Crippen molar-refractivity contribution in [1.29, 1.82) is 0 Å². The van der Waals surface area contributed by atoms with Crippen LogP contribution in [0.2, 0.25) is 0 Å². The Morgan fingerprint density at radius 1 is 0.667 bits per heavy atom. The summed E-state index contributed by atoms with van der Waals surface area (Å²) in [7, 11) is 0. The average molecular weight is 727 g/mol. The van der Waals surface area contributed by atoms with E-state index < -0.39 is 61.0 Å². The predicted octanol–water partition coefficient (Wildman–Crippen LogP) is 0.385. The number of aromatic hydroxyl groups is 1. The van der Waals surface area contributed by atoms with Crippen LogP contribution in [0.4, 0.5) is 0 Å². The second kappa shape index (κ2) is 25.3. The summed E-state index contributed by atoms with van der Waals surface area (Å²) in [5, 5.41) is 104. The van der Waals surface area contributed by atoms with E-state index >= 15 is 0 Å². The van der Waals surface area contributed by atoms with Crippen LogP contribution in [-0.4, -0.2) is 124 Å². The van der Waals surface area contributed by atoms with Gasteiger partial charge in [0.1, 0.15) is 17.6 Å². The first-order valence-electron chi connectivity index (χ1n) is 17.8. The van der Waals surface area contributed by atoms with Crippen LogP contribution < -0.4 is 11.1 Å². The molecule has 0 saturated carbocycles. The number of ketones is 1. The maximum absolute atomic E-state index is 12.2. The number of benzene rings is 1. The third kappa shape index (κ3) is 22.0. The van der Waals surface area contributed by atoms with E-state index in [4.69, 9.17) is 5.73 Å². The molecule has 14 nitrogen and oxygen atoms in total. The highest BCUT2D eigenvalue weighted by atomic mass is 16.3. The molecule has 13 N–H and O–H groups in total. The van der Waals surface area contributed by atoms with Gasteiger partial charge in [0.25, 0.3) is 0 Å². The lowest BCUT2D eigenvalue weighted by Crippen LogP contribution is -2.35. The molecule has 0 heterocycles. The summed E-state index contributed by atoms with van der Waals surface area (Å²) in [6, 6.07) is 5.11. The van der Waals surface area contributed by atoms with Crippen molar-refractivity contribution in [3.8, 4) is 5.75 Å². The van der Waals surface area contributed by atoms with Crippen molar-refractivity contribution in [2.45, 2.75) is 145 Å². The molecule has 51 heavy (non-hydrogen) atoms. The molecule has 0 saturated heterocycles. The van der Waals surface area contributed by atoms with Gasteiger partial charge in [-0.25, -0.2) is 0 Å². The number of nitrogens with one attached hydrogen (secondary N) is 1. The summed E-state index contributed by atoms with van der Waals surface area (Å²) in [5.41, 5.74) is 6.48. The molecule has 0 radical (unpaired) electrons. The van der Waals surface area contributed by atoms with Gasteiger partial charge in [-0.1, -0.05) is 50.3 Å². The molecular weight excluding hydrogens is 664 g/mol. The largest absolute Gasteiger partial charge is 0.508 e. The van der Waals surface area contributed by atoms with Crippen molar-refractivity contribution in [1.82, 2.24) is 5.32 Å². The maximum Gasteiger partial charge on any atom is 0.241 e. The lowest BCUT2D eigenvalue weighted by molar-refractivity contribution is -0.124. The van der Waals surface area contributed by atoms with E-state index in [9.17, 15) is 60.7 Å². The van der Waals surface area contributed by atoms with Gasteiger partial charge in [0.05, 0.1) is 54.9 Å². The summed E-state index contributed by atoms with van der Waals surface area (Å²) in [6.07, 6.45) is -2.37. The second-order valence-corrected chi connectivity index (χ2v) is 13.8. The summed E-state index contributed by atoms with van der Waals surface area (Å²) in [4.78, 5) is 23.9. The summed E-state index contributed by atoms with van der Waals surface area (Å²) < 4.78 is 0. The Kier molecular flexibility index (Phi) is 22.9. The molecule has 10 atom stereocenters. The van der Waals surface area contributed by atoms with Gasteiger partial charge in [0, 0.05) is 31.7 Å². The number of aliphatic hydroxyl groups is 9. The molecule has 1 aromatic rings. The van der Waals surface area contributed by atoms with Crippen molar-refractivity contribution < 1.29 is 60.7 Å². The predicted molar refractivity (Wildman–Crippen MR) is 191 cm³/mol. The number of amides is 1. The molecule has 1 rings (SSSR count). The normalized spacial score (nSPS) is 18.2. The van der Waals surface area contributed by atoms with E-state index in [0.717, 1.165) is 0 Å². The van der Waals surface area contributed by atoms with E-state index in [2.05, 4.69) is 5.32 Å². The van der Waals surface area contributed by atoms with Crippen LogP contribution in [0.15, 0.2) is 48.6 Å². The highest BCUT2D eigenvalue weighted by Gasteiger charge is 2.21. The molecule has 1 amide bonds. The van der Waals surface area contributed by atoms with Crippen molar-refractivity contribution >= 4 is 11.7 Å². The number of nitrogens with two attached hydrogens (primary N) is 1. The minimum absolute atomic E-state index is 0.0516. The topological polar surface area (TPSA) is 274 Å². The van der Waals surface area contributed by atoms with Gasteiger partial charge in [-0.3, -0.25) is 9.59 Å². The smallest absolute Gasteiger partial charge is 0.241 e. The Hall–Kier alpha value is -2.76. The Morgan fingerprint density at radius 2 is 1.12 bits per heavy atom. The quantitative estimate of drug-likeness (QED) is 0.0432. The molecule has 0 bridgehead atoms.